The normalized spacial score (nSPS) is 10.9. The monoisotopic (exact) mass is 450 g/mol. The van der Waals surface area contributed by atoms with E-state index in [4.69, 9.17) is 0 Å². The van der Waals surface area contributed by atoms with Gasteiger partial charge in [0.15, 0.2) is 5.13 Å². The highest BCUT2D eigenvalue weighted by Gasteiger charge is 2.12. The number of H-pyrrole nitrogens is 1. The maximum absolute atomic E-state index is 12.2. The van der Waals surface area contributed by atoms with Gasteiger partial charge in [0.1, 0.15) is 5.01 Å². The molecule has 0 radical (unpaired) electrons. The average Bonchev–Trinajstić information content (AvgIpc) is 3.34. The SMILES string of the molecule is O=C(Cc1csc(-c2cc(Br)cs2)n1)Nc1nc(-c2ccc[nH]2)cs1. The Bertz CT molecular complexity index is 1000. The molecule has 4 aromatic rings. The van der Waals surface area contributed by atoms with E-state index in [-0.39, 0.29) is 12.3 Å². The molecule has 0 bridgehead atoms. The van der Waals surface area contributed by atoms with Crippen LogP contribution in [-0.2, 0) is 11.2 Å². The lowest BCUT2D eigenvalue weighted by molar-refractivity contribution is -0.115. The Morgan fingerprint density at radius 2 is 2.12 bits per heavy atom. The lowest BCUT2D eigenvalue weighted by atomic mass is 10.3. The van der Waals surface area contributed by atoms with Gasteiger partial charge in [-0.1, -0.05) is 0 Å². The van der Waals surface area contributed by atoms with Gasteiger partial charge in [-0.2, -0.15) is 0 Å². The number of aromatic nitrogens is 3. The molecule has 25 heavy (non-hydrogen) atoms. The summed E-state index contributed by atoms with van der Waals surface area (Å²) in [4.78, 5) is 25.4. The minimum Gasteiger partial charge on any atom is -0.360 e. The zero-order valence-corrected chi connectivity index (χ0v) is 16.7. The third kappa shape index (κ3) is 3.90. The fourth-order valence-corrected chi connectivity index (χ4v) is 5.25. The highest BCUT2D eigenvalue weighted by molar-refractivity contribution is 9.10. The molecule has 2 N–H and O–H groups in total. The molecule has 0 aliphatic heterocycles. The van der Waals surface area contributed by atoms with Crippen molar-refractivity contribution >= 4 is 61.0 Å². The molecule has 0 fully saturated rings. The van der Waals surface area contributed by atoms with Gasteiger partial charge in [-0.25, -0.2) is 9.97 Å². The predicted molar refractivity (Wildman–Crippen MR) is 107 cm³/mol. The number of hydrogen-bond donors (Lipinski definition) is 2. The standard InChI is InChI=1S/C16H11BrN4OS3/c17-9-4-13(23-6-9)15-19-10(7-24-15)5-14(22)21-16-20-12(8-25-16)11-2-1-3-18-11/h1-4,6-8,18H,5H2,(H,20,21,22). The molecule has 0 saturated heterocycles. The Labute approximate surface area is 163 Å². The van der Waals surface area contributed by atoms with Gasteiger partial charge in [-0.15, -0.1) is 34.0 Å². The zero-order chi connectivity index (χ0) is 17.2. The summed E-state index contributed by atoms with van der Waals surface area (Å²) in [5.41, 5.74) is 2.52. The van der Waals surface area contributed by atoms with E-state index in [0.717, 1.165) is 31.4 Å². The lowest BCUT2D eigenvalue weighted by Crippen LogP contribution is -2.14. The summed E-state index contributed by atoms with van der Waals surface area (Å²) in [5, 5.41) is 10.2. The van der Waals surface area contributed by atoms with E-state index >= 15 is 0 Å². The Morgan fingerprint density at radius 1 is 1.20 bits per heavy atom. The Kier molecular flexibility index (Phi) is 4.80. The third-order valence-electron chi connectivity index (χ3n) is 3.30. The van der Waals surface area contributed by atoms with E-state index in [9.17, 15) is 4.79 Å². The van der Waals surface area contributed by atoms with Gasteiger partial charge in [-0.05, 0) is 34.1 Å². The van der Waals surface area contributed by atoms with Crippen LogP contribution in [0.1, 0.15) is 5.69 Å². The van der Waals surface area contributed by atoms with Gasteiger partial charge >= 0.3 is 0 Å². The number of aromatic amines is 1. The number of carbonyl (C=O) groups excluding carboxylic acids is 1. The second-order valence-electron chi connectivity index (χ2n) is 5.12. The number of nitrogens with one attached hydrogen (secondary N) is 2. The third-order valence-corrected chi connectivity index (χ3v) is 6.81. The molecule has 0 saturated carbocycles. The van der Waals surface area contributed by atoms with Crippen molar-refractivity contribution < 1.29 is 4.79 Å². The molecule has 126 valence electrons. The highest BCUT2D eigenvalue weighted by atomic mass is 79.9. The van der Waals surface area contributed by atoms with Gasteiger partial charge in [0, 0.05) is 26.8 Å². The van der Waals surface area contributed by atoms with Crippen LogP contribution in [0.5, 0.6) is 0 Å². The van der Waals surface area contributed by atoms with Crippen molar-refractivity contribution in [2.45, 2.75) is 6.42 Å². The van der Waals surface area contributed by atoms with Crippen molar-refractivity contribution in [1.82, 2.24) is 15.0 Å². The van der Waals surface area contributed by atoms with Gasteiger partial charge in [0.2, 0.25) is 5.91 Å². The molecular formula is C16H11BrN4OS3. The smallest absolute Gasteiger partial charge is 0.232 e. The molecule has 0 spiro atoms. The van der Waals surface area contributed by atoms with Gasteiger partial charge in [0.05, 0.1) is 28.4 Å². The van der Waals surface area contributed by atoms with Crippen molar-refractivity contribution in [2.75, 3.05) is 5.32 Å². The average molecular weight is 451 g/mol. The van der Waals surface area contributed by atoms with Gasteiger partial charge in [0.25, 0.3) is 0 Å². The van der Waals surface area contributed by atoms with Crippen LogP contribution in [0, 0.1) is 0 Å². The molecular weight excluding hydrogens is 440 g/mol. The first-order chi connectivity index (χ1) is 12.2. The first-order valence-electron chi connectivity index (χ1n) is 7.25. The Balaban J connectivity index is 1.40. The quantitative estimate of drug-likeness (QED) is 0.435. The van der Waals surface area contributed by atoms with Crippen LogP contribution in [0.3, 0.4) is 0 Å². The van der Waals surface area contributed by atoms with E-state index in [1.807, 2.05) is 40.5 Å². The molecule has 4 aromatic heterocycles. The van der Waals surface area contributed by atoms with Crippen LogP contribution in [0.25, 0.3) is 21.3 Å². The molecule has 5 nitrogen and oxygen atoms in total. The molecule has 0 aliphatic rings. The molecule has 1 amide bonds. The van der Waals surface area contributed by atoms with Gasteiger partial charge in [-0.3, -0.25) is 4.79 Å². The summed E-state index contributed by atoms with van der Waals surface area (Å²) in [6.07, 6.45) is 2.08. The number of hydrogen-bond acceptors (Lipinski definition) is 6. The van der Waals surface area contributed by atoms with Crippen molar-refractivity contribution in [1.29, 1.82) is 0 Å². The molecule has 4 rings (SSSR count). The summed E-state index contributed by atoms with van der Waals surface area (Å²) in [6, 6.07) is 5.89. The van der Waals surface area contributed by atoms with E-state index < -0.39 is 0 Å². The summed E-state index contributed by atoms with van der Waals surface area (Å²) >= 11 is 8.03. The maximum Gasteiger partial charge on any atom is 0.232 e. The zero-order valence-electron chi connectivity index (χ0n) is 12.7. The van der Waals surface area contributed by atoms with Crippen LogP contribution in [0.15, 0.2) is 45.0 Å². The molecule has 4 heterocycles. The van der Waals surface area contributed by atoms with E-state index in [0.29, 0.717) is 5.13 Å². The first-order valence-corrected chi connectivity index (χ1v) is 10.7. The number of anilines is 1. The maximum atomic E-state index is 12.2. The van der Waals surface area contributed by atoms with Crippen molar-refractivity contribution in [3.63, 3.8) is 0 Å². The fourth-order valence-electron chi connectivity index (χ4n) is 2.20. The second-order valence-corrected chi connectivity index (χ2v) is 8.66. The van der Waals surface area contributed by atoms with Crippen LogP contribution < -0.4 is 5.32 Å². The number of thiophene rings is 1. The molecule has 0 aromatic carbocycles. The molecule has 0 atom stereocenters. The number of thiazole rings is 2. The minimum absolute atomic E-state index is 0.114. The number of halogens is 1. The minimum atomic E-state index is -0.114. The van der Waals surface area contributed by atoms with Crippen LogP contribution in [0.4, 0.5) is 5.13 Å². The van der Waals surface area contributed by atoms with Crippen molar-refractivity contribution in [2.24, 2.45) is 0 Å². The number of carbonyl (C=O) groups is 1. The molecule has 0 unspecified atom stereocenters. The van der Waals surface area contributed by atoms with Crippen LogP contribution in [-0.4, -0.2) is 20.9 Å². The number of amides is 1. The highest BCUT2D eigenvalue weighted by Crippen LogP contribution is 2.32. The lowest BCUT2D eigenvalue weighted by Gasteiger charge is -1.99. The van der Waals surface area contributed by atoms with Crippen molar-refractivity contribution in [3.8, 4) is 21.3 Å². The molecule has 9 heteroatoms. The van der Waals surface area contributed by atoms with Crippen molar-refractivity contribution in [3.05, 3.63) is 50.7 Å². The Hall–Kier alpha value is -1.81. The van der Waals surface area contributed by atoms with Gasteiger partial charge < -0.3 is 10.3 Å². The Morgan fingerprint density at radius 3 is 2.88 bits per heavy atom. The van der Waals surface area contributed by atoms with Crippen LogP contribution >= 0.6 is 49.9 Å². The number of rotatable bonds is 5. The van der Waals surface area contributed by atoms with Crippen LogP contribution in [0.2, 0.25) is 0 Å². The largest absolute Gasteiger partial charge is 0.360 e. The predicted octanol–water partition coefficient (Wildman–Crippen LogP) is 5.27. The summed E-state index contributed by atoms with van der Waals surface area (Å²) in [6.45, 7) is 0. The van der Waals surface area contributed by atoms with E-state index in [1.165, 1.54) is 11.3 Å². The van der Waals surface area contributed by atoms with E-state index in [1.54, 1.807) is 22.7 Å². The van der Waals surface area contributed by atoms with E-state index in [2.05, 4.69) is 36.2 Å². The summed E-state index contributed by atoms with van der Waals surface area (Å²) in [7, 11) is 0. The first kappa shape index (κ1) is 16.6. The summed E-state index contributed by atoms with van der Waals surface area (Å²) < 4.78 is 1.05. The summed E-state index contributed by atoms with van der Waals surface area (Å²) in [5.74, 6) is -0.114. The number of nitrogens with zero attached hydrogens (tertiary/aromatic N) is 2. The topological polar surface area (TPSA) is 70.7 Å². The fraction of sp³-hybridized carbons (Fsp3) is 0.0625. The second kappa shape index (κ2) is 7.20. The molecule has 0 aliphatic carbocycles.